The zero-order chi connectivity index (χ0) is 11.4. The molecule has 1 aliphatic carbocycles. The first-order chi connectivity index (χ1) is 7.77. The Bertz CT molecular complexity index is 375. The van der Waals surface area contributed by atoms with E-state index in [1.54, 1.807) is 12.1 Å². The number of nitrogens with zero attached hydrogens (tertiary/aromatic N) is 1. The normalized spacial score (nSPS) is 15.5. The first-order valence-corrected chi connectivity index (χ1v) is 5.69. The van der Waals surface area contributed by atoms with Crippen molar-refractivity contribution in [3.63, 3.8) is 0 Å². The van der Waals surface area contributed by atoms with Crippen LogP contribution in [0.15, 0.2) is 18.3 Å². The molecule has 4 nitrogen and oxygen atoms in total. The molecule has 86 valence electrons. The van der Waals surface area contributed by atoms with Gasteiger partial charge in [0.2, 0.25) is 0 Å². The molecule has 0 spiro atoms. The van der Waals surface area contributed by atoms with Crippen LogP contribution in [0.2, 0.25) is 0 Å². The Morgan fingerprint density at radius 2 is 2.38 bits per heavy atom. The van der Waals surface area contributed by atoms with Crippen LogP contribution in [-0.4, -0.2) is 22.6 Å². The Balaban J connectivity index is 1.89. The average molecular weight is 220 g/mol. The van der Waals surface area contributed by atoms with Gasteiger partial charge >= 0.3 is 5.97 Å². The Labute approximate surface area is 94.7 Å². The number of rotatable bonds is 5. The molecule has 0 amide bonds. The molecule has 0 atom stereocenters. The molecule has 1 aliphatic rings. The SMILES string of the molecule is O=C(O)c1ncccc1NCCC1CCC1. The predicted molar refractivity (Wildman–Crippen MR) is 61.6 cm³/mol. The van der Waals surface area contributed by atoms with Gasteiger partial charge in [-0.3, -0.25) is 0 Å². The van der Waals surface area contributed by atoms with E-state index in [-0.39, 0.29) is 5.69 Å². The van der Waals surface area contributed by atoms with E-state index in [9.17, 15) is 4.79 Å². The topological polar surface area (TPSA) is 62.2 Å². The quantitative estimate of drug-likeness (QED) is 0.799. The number of hydrogen-bond acceptors (Lipinski definition) is 3. The van der Waals surface area contributed by atoms with Crippen molar-refractivity contribution in [1.82, 2.24) is 4.98 Å². The highest BCUT2D eigenvalue weighted by Gasteiger charge is 2.17. The zero-order valence-corrected chi connectivity index (χ0v) is 9.15. The standard InChI is InChI=1S/C12H16N2O2/c15-12(16)11-10(5-2-7-14-11)13-8-6-9-3-1-4-9/h2,5,7,9,13H,1,3-4,6,8H2,(H,15,16). The average Bonchev–Trinajstić information content (AvgIpc) is 2.22. The third-order valence-electron chi connectivity index (χ3n) is 3.10. The molecule has 0 aromatic carbocycles. The second-order valence-corrected chi connectivity index (χ2v) is 4.22. The minimum Gasteiger partial charge on any atom is -0.476 e. The lowest BCUT2D eigenvalue weighted by atomic mass is 9.83. The molecule has 2 N–H and O–H groups in total. The fraction of sp³-hybridized carbons (Fsp3) is 0.500. The Morgan fingerprint density at radius 1 is 1.56 bits per heavy atom. The van der Waals surface area contributed by atoms with Gasteiger partial charge in [-0.05, 0) is 24.5 Å². The summed E-state index contributed by atoms with van der Waals surface area (Å²) in [5.41, 5.74) is 0.727. The maximum absolute atomic E-state index is 10.9. The number of aromatic nitrogens is 1. The molecule has 4 heteroatoms. The number of nitrogens with one attached hydrogen (secondary N) is 1. The summed E-state index contributed by atoms with van der Waals surface area (Å²) in [5, 5.41) is 12.1. The number of carbonyl (C=O) groups is 1. The van der Waals surface area contributed by atoms with Gasteiger partial charge in [-0.2, -0.15) is 0 Å². The number of pyridine rings is 1. The summed E-state index contributed by atoms with van der Waals surface area (Å²) in [5.74, 6) is -0.149. The van der Waals surface area contributed by atoms with Crippen LogP contribution >= 0.6 is 0 Å². The molecular formula is C12H16N2O2. The third kappa shape index (κ3) is 2.51. The Morgan fingerprint density at radius 3 is 3.00 bits per heavy atom. The summed E-state index contributed by atoms with van der Waals surface area (Å²) in [6, 6.07) is 3.51. The van der Waals surface area contributed by atoms with Gasteiger partial charge in [0.05, 0.1) is 5.69 Å². The first kappa shape index (κ1) is 10.9. The minimum atomic E-state index is -0.980. The summed E-state index contributed by atoms with van der Waals surface area (Å²) in [6.45, 7) is 0.830. The van der Waals surface area contributed by atoms with Gasteiger partial charge in [-0.1, -0.05) is 19.3 Å². The van der Waals surface area contributed by atoms with Gasteiger partial charge in [0.1, 0.15) is 0 Å². The van der Waals surface area contributed by atoms with Crippen molar-refractivity contribution in [2.45, 2.75) is 25.7 Å². The van der Waals surface area contributed by atoms with E-state index in [1.807, 2.05) is 0 Å². The largest absolute Gasteiger partial charge is 0.476 e. The molecule has 1 aromatic heterocycles. The van der Waals surface area contributed by atoms with Gasteiger partial charge in [0, 0.05) is 12.7 Å². The molecule has 0 saturated heterocycles. The molecule has 16 heavy (non-hydrogen) atoms. The maximum atomic E-state index is 10.9. The Kier molecular flexibility index (Phi) is 3.39. The second kappa shape index (κ2) is 4.96. The van der Waals surface area contributed by atoms with Crippen LogP contribution in [0.25, 0.3) is 0 Å². The zero-order valence-electron chi connectivity index (χ0n) is 9.15. The highest BCUT2D eigenvalue weighted by Crippen LogP contribution is 2.29. The minimum absolute atomic E-state index is 0.108. The second-order valence-electron chi connectivity index (χ2n) is 4.22. The highest BCUT2D eigenvalue weighted by atomic mass is 16.4. The van der Waals surface area contributed by atoms with Crippen LogP contribution in [0.5, 0.6) is 0 Å². The van der Waals surface area contributed by atoms with Crippen molar-refractivity contribution in [3.8, 4) is 0 Å². The number of carboxylic acid groups (broad SMARTS) is 1. The monoisotopic (exact) mass is 220 g/mol. The van der Waals surface area contributed by atoms with Crippen LogP contribution in [0, 0.1) is 5.92 Å². The molecule has 0 radical (unpaired) electrons. The summed E-state index contributed by atoms with van der Waals surface area (Å²) in [6.07, 6.45) is 6.60. The van der Waals surface area contributed by atoms with Crippen molar-refractivity contribution in [2.24, 2.45) is 5.92 Å². The van der Waals surface area contributed by atoms with Crippen LogP contribution in [-0.2, 0) is 0 Å². The molecule has 1 aromatic rings. The van der Waals surface area contributed by atoms with Gasteiger partial charge in [-0.15, -0.1) is 0 Å². The maximum Gasteiger partial charge on any atom is 0.356 e. The lowest BCUT2D eigenvalue weighted by Gasteiger charge is -2.25. The number of hydrogen-bond donors (Lipinski definition) is 2. The van der Waals surface area contributed by atoms with Crippen molar-refractivity contribution >= 4 is 11.7 Å². The van der Waals surface area contributed by atoms with Crippen LogP contribution in [0.4, 0.5) is 5.69 Å². The van der Waals surface area contributed by atoms with Gasteiger partial charge in [0.15, 0.2) is 5.69 Å². The van der Waals surface area contributed by atoms with E-state index in [1.165, 1.54) is 25.5 Å². The van der Waals surface area contributed by atoms with E-state index in [2.05, 4.69) is 10.3 Å². The van der Waals surface area contributed by atoms with Crippen LogP contribution < -0.4 is 5.32 Å². The molecule has 0 unspecified atom stereocenters. The lowest BCUT2D eigenvalue weighted by molar-refractivity contribution is 0.0691. The molecular weight excluding hydrogens is 204 g/mol. The summed E-state index contributed by atoms with van der Waals surface area (Å²) >= 11 is 0. The summed E-state index contributed by atoms with van der Waals surface area (Å²) in [4.78, 5) is 14.7. The fourth-order valence-electron chi connectivity index (χ4n) is 1.91. The van der Waals surface area contributed by atoms with Gasteiger partial charge in [-0.25, -0.2) is 9.78 Å². The van der Waals surface area contributed by atoms with Gasteiger partial charge < -0.3 is 10.4 Å². The molecule has 1 saturated carbocycles. The van der Waals surface area contributed by atoms with E-state index in [4.69, 9.17) is 5.11 Å². The summed E-state index contributed by atoms with van der Waals surface area (Å²) < 4.78 is 0. The van der Waals surface area contributed by atoms with Crippen molar-refractivity contribution in [3.05, 3.63) is 24.0 Å². The Hall–Kier alpha value is -1.58. The van der Waals surface area contributed by atoms with Crippen molar-refractivity contribution in [1.29, 1.82) is 0 Å². The van der Waals surface area contributed by atoms with Crippen LogP contribution in [0.1, 0.15) is 36.2 Å². The number of anilines is 1. The smallest absolute Gasteiger partial charge is 0.356 e. The molecule has 1 fully saturated rings. The van der Waals surface area contributed by atoms with E-state index in [0.29, 0.717) is 5.69 Å². The van der Waals surface area contributed by atoms with E-state index < -0.39 is 5.97 Å². The number of carboxylic acids is 1. The molecule has 2 rings (SSSR count). The highest BCUT2D eigenvalue weighted by molar-refractivity contribution is 5.91. The van der Waals surface area contributed by atoms with E-state index in [0.717, 1.165) is 18.9 Å². The van der Waals surface area contributed by atoms with Gasteiger partial charge in [0.25, 0.3) is 0 Å². The predicted octanol–water partition coefficient (Wildman–Crippen LogP) is 2.38. The summed E-state index contributed by atoms with van der Waals surface area (Å²) in [7, 11) is 0. The molecule has 0 bridgehead atoms. The number of aromatic carboxylic acids is 1. The van der Waals surface area contributed by atoms with Crippen LogP contribution in [0.3, 0.4) is 0 Å². The third-order valence-corrected chi connectivity index (χ3v) is 3.10. The first-order valence-electron chi connectivity index (χ1n) is 5.69. The fourth-order valence-corrected chi connectivity index (χ4v) is 1.91. The van der Waals surface area contributed by atoms with Crippen molar-refractivity contribution < 1.29 is 9.90 Å². The van der Waals surface area contributed by atoms with E-state index >= 15 is 0 Å². The molecule has 1 heterocycles. The van der Waals surface area contributed by atoms with Crippen molar-refractivity contribution in [2.75, 3.05) is 11.9 Å². The lowest BCUT2D eigenvalue weighted by Crippen LogP contribution is -2.16. The molecule has 0 aliphatic heterocycles.